The van der Waals surface area contributed by atoms with E-state index in [4.69, 9.17) is 4.74 Å². The first kappa shape index (κ1) is 10.2. The van der Waals surface area contributed by atoms with Crippen molar-refractivity contribution in [3.05, 3.63) is 18.2 Å². The van der Waals surface area contributed by atoms with E-state index in [1.807, 2.05) is 6.20 Å². The van der Waals surface area contributed by atoms with Gasteiger partial charge in [0.05, 0.1) is 6.10 Å². The van der Waals surface area contributed by atoms with Crippen LogP contribution in [0, 0.1) is 0 Å². The maximum Gasteiger partial charge on any atom is 0.107 e. The summed E-state index contributed by atoms with van der Waals surface area (Å²) >= 11 is 3.68. The van der Waals surface area contributed by atoms with Gasteiger partial charge in [-0.2, -0.15) is 0 Å². The lowest BCUT2D eigenvalue weighted by Crippen LogP contribution is -2.29. The zero-order chi connectivity index (χ0) is 9.80. The number of nitrogens with one attached hydrogen (secondary N) is 1. The molecule has 0 spiro atoms. The number of aromatic nitrogens is 2. The molecule has 1 aliphatic heterocycles. The van der Waals surface area contributed by atoms with Crippen LogP contribution in [0.15, 0.2) is 12.4 Å². The van der Waals surface area contributed by atoms with E-state index < -0.39 is 0 Å². The molecule has 2 atom stereocenters. The Bertz CT molecular complexity index is 257. The minimum absolute atomic E-state index is 0.355. The molecule has 0 aromatic carbocycles. The number of hydrogen-bond acceptors (Lipinski definition) is 2. The summed E-state index contributed by atoms with van der Waals surface area (Å²) in [5, 5.41) is 0. The summed E-state index contributed by atoms with van der Waals surface area (Å²) in [6.07, 6.45) is 8.57. The fourth-order valence-corrected chi connectivity index (χ4v) is 2.50. The highest BCUT2D eigenvalue weighted by Gasteiger charge is 2.22. The Morgan fingerprint density at radius 2 is 2.57 bits per heavy atom. The Morgan fingerprint density at radius 1 is 1.64 bits per heavy atom. The Hall–Kier alpha value is -0.350. The molecule has 3 nitrogen and oxygen atoms in total. The lowest BCUT2D eigenvalue weighted by Gasteiger charge is -2.26. The molecule has 0 saturated carbocycles. The first-order valence-corrected chi connectivity index (χ1v) is 6.02. The van der Waals surface area contributed by atoms with Crippen LogP contribution >= 0.6 is 15.9 Å². The topological polar surface area (TPSA) is 37.9 Å². The normalized spacial score (nSPS) is 24.8. The van der Waals surface area contributed by atoms with Crippen molar-refractivity contribution in [3.63, 3.8) is 0 Å². The summed E-state index contributed by atoms with van der Waals surface area (Å²) in [6, 6.07) is 0. The van der Waals surface area contributed by atoms with Gasteiger partial charge in [0.15, 0.2) is 0 Å². The number of hydrogen-bond donors (Lipinski definition) is 1. The molecule has 0 aliphatic carbocycles. The van der Waals surface area contributed by atoms with Crippen LogP contribution in [-0.4, -0.2) is 27.5 Å². The number of rotatable bonds is 3. The minimum Gasteiger partial charge on any atom is -0.377 e. The Morgan fingerprint density at radius 3 is 3.21 bits per heavy atom. The standard InChI is InChI=1S/C10H15BrN2O/c11-8(7-10-12-4-5-13-10)9-3-1-2-6-14-9/h4-5,8-9H,1-3,6-7H2,(H,12,13). The summed E-state index contributed by atoms with van der Waals surface area (Å²) in [4.78, 5) is 7.70. The molecule has 1 aromatic heterocycles. The summed E-state index contributed by atoms with van der Waals surface area (Å²) in [5.41, 5.74) is 0. The van der Waals surface area contributed by atoms with Gasteiger partial charge in [-0.3, -0.25) is 0 Å². The van der Waals surface area contributed by atoms with Gasteiger partial charge in [0.2, 0.25) is 0 Å². The fourth-order valence-electron chi connectivity index (χ4n) is 1.78. The molecule has 78 valence electrons. The summed E-state index contributed by atoms with van der Waals surface area (Å²) in [7, 11) is 0. The van der Waals surface area contributed by atoms with Gasteiger partial charge in [0.1, 0.15) is 5.82 Å². The molecular weight excluding hydrogens is 244 g/mol. The highest BCUT2D eigenvalue weighted by atomic mass is 79.9. The van der Waals surface area contributed by atoms with Crippen molar-refractivity contribution in [2.75, 3.05) is 6.61 Å². The van der Waals surface area contributed by atoms with Crippen molar-refractivity contribution in [2.45, 2.75) is 36.6 Å². The van der Waals surface area contributed by atoms with Gasteiger partial charge in [0.25, 0.3) is 0 Å². The first-order chi connectivity index (χ1) is 6.86. The number of aromatic amines is 1. The maximum absolute atomic E-state index is 5.70. The van der Waals surface area contributed by atoms with Crippen LogP contribution in [0.1, 0.15) is 25.1 Å². The number of halogens is 1. The van der Waals surface area contributed by atoms with Crippen LogP contribution in [0.25, 0.3) is 0 Å². The van der Waals surface area contributed by atoms with Crippen LogP contribution in [0.3, 0.4) is 0 Å². The minimum atomic E-state index is 0.355. The quantitative estimate of drug-likeness (QED) is 0.846. The van der Waals surface area contributed by atoms with Crippen molar-refractivity contribution in [1.82, 2.24) is 9.97 Å². The van der Waals surface area contributed by atoms with E-state index in [0.29, 0.717) is 10.9 Å². The molecule has 1 aliphatic rings. The molecule has 14 heavy (non-hydrogen) atoms. The predicted octanol–water partition coefficient (Wildman–Crippen LogP) is 2.28. The predicted molar refractivity (Wildman–Crippen MR) is 58.6 cm³/mol. The van der Waals surface area contributed by atoms with Gasteiger partial charge < -0.3 is 9.72 Å². The SMILES string of the molecule is BrC(Cc1ncc[nH]1)C1CCCCO1. The molecule has 2 unspecified atom stereocenters. The largest absolute Gasteiger partial charge is 0.377 e. The van der Waals surface area contributed by atoms with Gasteiger partial charge >= 0.3 is 0 Å². The fraction of sp³-hybridized carbons (Fsp3) is 0.700. The van der Waals surface area contributed by atoms with Crippen molar-refractivity contribution >= 4 is 15.9 Å². The van der Waals surface area contributed by atoms with Crippen molar-refractivity contribution in [2.24, 2.45) is 0 Å². The second kappa shape index (κ2) is 4.94. The second-order valence-electron chi connectivity index (χ2n) is 3.66. The molecular formula is C10H15BrN2O. The van der Waals surface area contributed by atoms with E-state index >= 15 is 0 Å². The molecule has 0 bridgehead atoms. The number of ether oxygens (including phenoxy) is 1. The molecule has 4 heteroatoms. The third kappa shape index (κ3) is 2.58. The summed E-state index contributed by atoms with van der Waals surface area (Å²) < 4.78 is 5.70. The van der Waals surface area contributed by atoms with Crippen LogP contribution in [0.4, 0.5) is 0 Å². The zero-order valence-electron chi connectivity index (χ0n) is 8.08. The number of nitrogens with zero attached hydrogens (tertiary/aromatic N) is 1. The van der Waals surface area contributed by atoms with Gasteiger partial charge in [-0.05, 0) is 19.3 Å². The molecule has 0 amide bonds. The van der Waals surface area contributed by atoms with Crippen molar-refractivity contribution in [1.29, 1.82) is 0 Å². The van der Waals surface area contributed by atoms with Crippen LogP contribution in [0.2, 0.25) is 0 Å². The van der Waals surface area contributed by atoms with Crippen molar-refractivity contribution < 1.29 is 4.74 Å². The lowest BCUT2D eigenvalue weighted by atomic mass is 10.0. The molecule has 1 N–H and O–H groups in total. The summed E-state index contributed by atoms with van der Waals surface area (Å²) in [5.74, 6) is 1.03. The van der Waals surface area contributed by atoms with Crippen LogP contribution in [-0.2, 0) is 11.2 Å². The maximum atomic E-state index is 5.70. The van der Waals surface area contributed by atoms with E-state index in [0.717, 1.165) is 25.3 Å². The monoisotopic (exact) mass is 258 g/mol. The lowest BCUT2D eigenvalue weighted by molar-refractivity contribution is 0.0162. The number of imidazole rings is 1. The molecule has 1 fully saturated rings. The van der Waals surface area contributed by atoms with Gasteiger partial charge in [-0.1, -0.05) is 15.9 Å². The molecule has 2 heterocycles. The van der Waals surface area contributed by atoms with E-state index in [1.165, 1.54) is 12.8 Å². The number of H-pyrrole nitrogens is 1. The highest BCUT2D eigenvalue weighted by Crippen LogP contribution is 2.22. The van der Waals surface area contributed by atoms with Crippen LogP contribution in [0.5, 0.6) is 0 Å². The average Bonchev–Trinajstić information content (AvgIpc) is 2.72. The van der Waals surface area contributed by atoms with E-state index in [9.17, 15) is 0 Å². The van der Waals surface area contributed by atoms with Crippen LogP contribution < -0.4 is 0 Å². The second-order valence-corrected chi connectivity index (χ2v) is 4.84. The molecule has 0 radical (unpaired) electrons. The Kier molecular flexibility index (Phi) is 3.59. The Labute approximate surface area is 92.4 Å². The molecule has 1 saturated heterocycles. The number of alkyl halides is 1. The highest BCUT2D eigenvalue weighted by molar-refractivity contribution is 9.09. The first-order valence-electron chi connectivity index (χ1n) is 5.10. The third-order valence-corrected chi connectivity index (χ3v) is 3.47. The third-order valence-electron chi connectivity index (χ3n) is 2.56. The van der Waals surface area contributed by atoms with Gasteiger partial charge in [-0.15, -0.1) is 0 Å². The van der Waals surface area contributed by atoms with E-state index in [-0.39, 0.29) is 0 Å². The average molecular weight is 259 g/mol. The van der Waals surface area contributed by atoms with Gasteiger partial charge in [-0.25, -0.2) is 4.98 Å². The molecule has 2 rings (SSSR count). The van der Waals surface area contributed by atoms with Gasteiger partial charge in [0, 0.05) is 30.2 Å². The van der Waals surface area contributed by atoms with Crippen molar-refractivity contribution in [3.8, 4) is 0 Å². The zero-order valence-corrected chi connectivity index (χ0v) is 9.66. The molecule has 1 aromatic rings. The Balaban J connectivity index is 1.85. The van der Waals surface area contributed by atoms with E-state index in [1.54, 1.807) is 6.20 Å². The smallest absolute Gasteiger partial charge is 0.107 e. The van der Waals surface area contributed by atoms with E-state index in [2.05, 4.69) is 25.9 Å². The summed E-state index contributed by atoms with van der Waals surface area (Å²) in [6.45, 7) is 0.908.